The van der Waals surface area contributed by atoms with Crippen molar-refractivity contribution < 1.29 is 15.5 Å². The van der Waals surface area contributed by atoms with Crippen molar-refractivity contribution in [3.63, 3.8) is 0 Å². The molecular weight excluding hydrogens is 295 g/mol. The van der Waals surface area contributed by atoms with E-state index in [1.54, 1.807) is 0 Å². The van der Waals surface area contributed by atoms with Crippen LogP contribution in [0.4, 0.5) is 15.5 Å². The minimum absolute atomic E-state index is 0.126. The van der Waals surface area contributed by atoms with Crippen LogP contribution in [-0.2, 0) is 0 Å². The molecule has 7 heteroatoms. The van der Waals surface area contributed by atoms with Gasteiger partial charge in [0.2, 0.25) is 0 Å². The van der Waals surface area contributed by atoms with E-state index in [0.29, 0.717) is 12.1 Å². The van der Waals surface area contributed by atoms with E-state index in [-0.39, 0.29) is 4.47 Å². The van der Waals surface area contributed by atoms with Gasteiger partial charge in [0.1, 0.15) is 0 Å². The third kappa shape index (κ3) is 3.03. The summed E-state index contributed by atoms with van der Waals surface area (Å²) in [6.07, 6.45) is 0. The standard InChI is InChI=1S/C6H4BrClF4S/c7-5-2-1-3-6(4-5)13(8,9,10,11)12/h1-4H. The molecule has 1 rings (SSSR count). The normalized spacial score (nSPS) is 17.7. The lowest BCUT2D eigenvalue weighted by Gasteiger charge is -2.42. The van der Waals surface area contributed by atoms with Crippen LogP contribution in [0.1, 0.15) is 0 Å². The summed E-state index contributed by atoms with van der Waals surface area (Å²) in [5.41, 5.74) is 0. The van der Waals surface area contributed by atoms with E-state index >= 15 is 0 Å². The first kappa shape index (κ1) is 11.1. The van der Waals surface area contributed by atoms with Gasteiger partial charge in [0.15, 0.2) is 0 Å². The highest BCUT2D eigenvalue weighted by molar-refractivity contribution is 9.10. The molecule has 0 atom stereocenters. The zero-order valence-corrected chi connectivity index (χ0v) is 9.14. The number of rotatable bonds is 1. The second-order valence-electron chi connectivity index (χ2n) is 2.43. The summed E-state index contributed by atoms with van der Waals surface area (Å²) in [6, 6.07) is 3.62. The van der Waals surface area contributed by atoms with Gasteiger partial charge in [-0.05, 0) is 18.2 Å². The Balaban J connectivity index is 3.41. The van der Waals surface area contributed by atoms with E-state index in [9.17, 15) is 15.5 Å². The molecule has 1 aromatic carbocycles. The van der Waals surface area contributed by atoms with E-state index in [2.05, 4.69) is 26.6 Å². The maximum absolute atomic E-state index is 12.5. The first-order valence-corrected chi connectivity index (χ1v) is 6.66. The lowest BCUT2D eigenvalue weighted by Crippen LogP contribution is -2.03. The molecule has 0 aliphatic rings. The molecule has 0 aromatic heterocycles. The topological polar surface area (TPSA) is 0 Å². The Kier molecular flexibility index (Phi) is 2.01. The molecule has 0 unspecified atom stereocenters. The molecular formula is C6H4BrClF4S. The van der Waals surface area contributed by atoms with Gasteiger partial charge in [0, 0.05) is 15.2 Å². The van der Waals surface area contributed by atoms with Crippen LogP contribution in [0.25, 0.3) is 0 Å². The van der Waals surface area contributed by atoms with Crippen LogP contribution in [0.2, 0.25) is 0 Å². The Morgan fingerprint density at radius 1 is 1.15 bits per heavy atom. The summed E-state index contributed by atoms with van der Waals surface area (Å²) >= 11 is 2.80. The van der Waals surface area contributed by atoms with Crippen LogP contribution in [0.5, 0.6) is 0 Å². The van der Waals surface area contributed by atoms with Gasteiger partial charge in [-0.3, -0.25) is 0 Å². The van der Waals surface area contributed by atoms with Crippen LogP contribution in [-0.4, -0.2) is 0 Å². The summed E-state index contributed by atoms with van der Waals surface area (Å²) in [6.45, 7) is 0. The van der Waals surface area contributed by atoms with Crippen molar-refractivity contribution in [1.82, 2.24) is 0 Å². The van der Waals surface area contributed by atoms with E-state index in [4.69, 9.17) is 0 Å². The van der Waals surface area contributed by atoms with Crippen LogP contribution in [0, 0.1) is 0 Å². The second kappa shape index (κ2) is 2.35. The van der Waals surface area contributed by atoms with Gasteiger partial charge in [0.25, 0.3) is 9.05 Å². The zero-order valence-electron chi connectivity index (χ0n) is 5.99. The van der Waals surface area contributed by atoms with Gasteiger partial charge < -0.3 is 0 Å². The summed E-state index contributed by atoms with van der Waals surface area (Å²) in [4.78, 5) is -1.45. The van der Waals surface area contributed by atoms with Gasteiger partial charge in [-0.25, -0.2) is 0 Å². The molecule has 0 fully saturated rings. The third-order valence-electron chi connectivity index (χ3n) is 1.24. The number of hydrogen-bond donors (Lipinski definition) is 0. The van der Waals surface area contributed by atoms with Gasteiger partial charge in [-0.2, -0.15) is 0 Å². The van der Waals surface area contributed by atoms with Crippen molar-refractivity contribution in [3.05, 3.63) is 28.7 Å². The van der Waals surface area contributed by atoms with E-state index < -0.39 is 13.9 Å². The predicted molar refractivity (Wildman–Crippen MR) is 50.3 cm³/mol. The molecule has 0 N–H and O–H groups in total. The number of hydrogen-bond acceptors (Lipinski definition) is 0. The van der Waals surface area contributed by atoms with E-state index in [0.717, 1.165) is 6.07 Å². The zero-order chi connectivity index (χ0) is 10.4. The minimum Gasteiger partial charge on any atom is -0.107 e. The highest BCUT2D eigenvalue weighted by Crippen LogP contribution is 3.04. The van der Waals surface area contributed by atoms with Crippen molar-refractivity contribution in [1.29, 1.82) is 0 Å². The predicted octanol–water partition coefficient (Wildman–Crippen LogP) is 5.38. The summed E-state index contributed by atoms with van der Waals surface area (Å²) in [5.74, 6) is 0. The van der Waals surface area contributed by atoms with Gasteiger partial charge in [-0.15, -0.1) is 15.5 Å². The Morgan fingerprint density at radius 2 is 1.69 bits per heavy atom. The van der Waals surface area contributed by atoms with E-state index in [1.807, 2.05) is 0 Å². The Bertz CT molecular complexity index is 346. The quantitative estimate of drug-likeness (QED) is 0.611. The molecule has 0 saturated heterocycles. The lowest BCUT2D eigenvalue weighted by molar-refractivity contribution is 0.480. The maximum atomic E-state index is 12.5. The van der Waals surface area contributed by atoms with Gasteiger partial charge in [0.05, 0.1) is 4.90 Å². The van der Waals surface area contributed by atoms with Crippen molar-refractivity contribution >= 4 is 35.7 Å². The van der Waals surface area contributed by atoms with Crippen LogP contribution >= 0.6 is 35.7 Å². The monoisotopic (exact) mass is 298 g/mol. The molecule has 0 heterocycles. The highest BCUT2D eigenvalue weighted by atomic mass is 79.9. The number of benzene rings is 1. The van der Waals surface area contributed by atoms with Crippen LogP contribution < -0.4 is 0 Å². The van der Waals surface area contributed by atoms with Gasteiger partial charge in [-0.1, -0.05) is 22.0 Å². The Morgan fingerprint density at radius 3 is 2.00 bits per heavy atom. The summed E-state index contributed by atoms with van der Waals surface area (Å²) in [5, 5.41) is 0. The van der Waals surface area contributed by atoms with E-state index in [1.165, 1.54) is 6.07 Å². The Labute approximate surface area is 84.9 Å². The fourth-order valence-corrected chi connectivity index (χ4v) is 2.23. The molecule has 0 amide bonds. The first-order chi connectivity index (χ1) is 5.49. The average molecular weight is 300 g/mol. The minimum atomic E-state index is -8.52. The molecule has 13 heavy (non-hydrogen) atoms. The average Bonchev–Trinajstić information content (AvgIpc) is 1.82. The third-order valence-corrected chi connectivity index (χ3v) is 3.41. The SMILES string of the molecule is FS(F)(F)(F)(Cl)c1cccc(Br)c1. The first-order valence-electron chi connectivity index (χ1n) is 2.99. The molecule has 0 nitrogen and oxygen atoms in total. The van der Waals surface area contributed by atoms with Crippen LogP contribution in [0.15, 0.2) is 33.6 Å². The smallest absolute Gasteiger partial charge is 0.107 e. The molecule has 0 radical (unpaired) electrons. The molecule has 1 aromatic rings. The molecule has 76 valence electrons. The molecule has 0 bridgehead atoms. The fraction of sp³-hybridized carbons (Fsp3) is 0. The highest BCUT2D eigenvalue weighted by Gasteiger charge is 2.62. The van der Waals surface area contributed by atoms with Crippen molar-refractivity contribution in [2.24, 2.45) is 0 Å². The molecule has 0 aliphatic carbocycles. The summed E-state index contributed by atoms with van der Waals surface area (Å²) < 4.78 is 50.3. The molecule has 0 saturated carbocycles. The van der Waals surface area contributed by atoms with Crippen molar-refractivity contribution in [2.75, 3.05) is 0 Å². The van der Waals surface area contributed by atoms with Gasteiger partial charge >= 0.3 is 0 Å². The second-order valence-corrected chi connectivity index (χ2v) is 7.61. The van der Waals surface area contributed by atoms with Crippen molar-refractivity contribution in [2.45, 2.75) is 4.90 Å². The Hall–Kier alpha value is 0.0600. The lowest BCUT2D eigenvalue weighted by atomic mass is 10.4. The summed E-state index contributed by atoms with van der Waals surface area (Å²) in [7, 11) is -4.45. The largest absolute Gasteiger partial charge is 0.253 e. The number of halogens is 6. The fourth-order valence-electron chi connectivity index (χ4n) is 0.707. The molecule has 0 aliphatic heterocycles. The van der Waals surface area contributed by atoms with Crippen LogP contribution in [0.3, 0.4) is 0 Å². The van der Waals surface area contributed by atoms with Crippen molar-refractivity contribution in [3.8, 4) is 0 Å². The molecule has 0 spiro atoms. The maximum Gasteiger partial charge on any atom is 0.253 e.